The fourth-order valence-electron chi connectivity index (χ4n) is 2.35. The van der Waals surface area contributed by atoms with Crippen molar-refractivity contribution in [3.8, 4) is 11.5 Å². The third-order valence-electron chi connectivity index (χ3n) is 3.74. The van der Waals surface area contributed by atoms with Gasteiger partial charge in [0, 0.05) is 11.5 Å². The molecule has 2 heterocycles. The third kappa shape index (κ3) is 3.32. The molecule has 7 heteroatoms. The number of rotatable bonds is 6. The molecule has 0 saturated carbocycles. The molecule has 0 bridgehead atoms. The monoisotopic (exact) mass is 345 g/mol. The fourth-order valence-corrected chi connectivity index (χ4v) is 2.62. The van der Waals surface area contributed by atoms with Crippen molar-refractivity contribution in [2.75, 3.05) is 18.2 Å². The van der Waals surface area contributed by atoms with Crippen molar-refractivity contribution in [3.63, 3.8) is 0 Å². The van der Waals surface area contributed by atoms with E-state index in [-0.39, 0.29) is 17.8 Å². The number of carbonyl (C=O) groups excluding carboxylic acids is 1. The molecular weight excluding hydrogens is 326 g/mol. The van der Waals surface area contributed by atoms with Crippen LogP contribution in [-0.4, -0.2) is 38.9 Å². The number of para-hydroxylation sites is 1. The molecule has 1 amide bonds. The largest absolute Gasteiger partial charge is 0.454 e. The highest BCUT2D eigenvalue weighted by Crippen LogP contribution is 2.28. The SMILES string of the molecule is CS[C@H](C)C(=O)Nc1cc(-c2cc3ccccc3o2)nn1CCO. The molecule has 0 aliphatic rings. The Morgan fingerprint density at radius 3 is 2.92 bits per heavy atom. The Morgan fingerprint density at radius 2 is 2.21 bits per heavy atom. The standard InChI is InChI=1S/C17H19N3O3S/c1-11(24-2)17(22)18-16-10-13(19-20(16)7-8-21)15-9-12-5-3-4-6-14(12)23-15/h3-6,9-11,21H,7-8H2,1-2H3,(H,18,22)/t11-/m1/s1. The van der Waals surface area contributed by atoms with Gasteiger partial charge in [0.05, 0.1) is 18.4 Å². The van der Waals surface area contributed by atoms with Crippen LogP contribution in [-0.2, 0) is 11.3 Å². The van der Waals surface area contributed by atoms with Gasteiger partial charge in [-0.2, -0.15) is 16.9 Å². The van der Waals surface area contributed by atoms with Gasteiger partial charge in [0.15, 0.2) is 5.76 Å². The quantitative estimate of drug-likeness (QED) is 0.718. The summed E-state index contributed by atoms with van der Waals surface area (Å²) in [6.07, 6.45) is 1.88. The average molecular weight is 345 g/mol. The number of furan rings is 1. The Hall–Kier alpha value is -2.25. The lowest BCUT2D eigenvalue weighted by molar-refractivity contribution is -0.115. The first-order valence-corrected chi connectivity index (χ1v) is 8.92. The second kappa shape index (κ2) is 7.11. The van der Waals surface area contributed by atoms with E-state index in [0.29, 0.717) is 23.8 Å². The lowest BCUT2D eigenvalue weighted by atomic mass is 10.2. The van der Waals surface area contributed by atoms with Crippen molar-refractivity contribution in [3.05, 3.63) is 36.4 Å². The summed E-state index contributed by atoms with van der Waals surface area (Å²) >= 11 is 1.47. The van der Waals surface area contributed by atoms with Crippen LogP contribution in [0, 0.1) is 0 Å². The van der Waals surface area contributed by atoms with Crippen molar-refractivity contribution in [1.82, 2.24) is 9.78 Å². The number of fused-ring (bicyclic) bond motifs is 1. The van der Waals surface area contributed by atoms with Crippen LogP contribution in [0.4, 0.5) is 5.82 Å². The van der Waals surface area contributed by atoms with Crippen LogP contribution in [0.3, 0.4) is 0 Å². The Kier molecular flexibility index (Phi) is 4.92. The second-order valence-electron chi connectivity index (χ2n) is 5.38. The average Bonchev–Trinajstić information content (AvgIpc) is 3.18. The second-order valence-corrected chi connectivity index (χ2v) is 6.56. The van der Waals surface area contributed by atoms with Crippen molar-refractivity contribution >= 4 is 34.5 Å². The van der Waals surface area contributed by atoms with Crippen LogP contribution < -0.4 is 5.32 Å². The number of nitrogens with one attached hydrogen (secondary N) is 1. The van der Waals surface area contributed by atoms with Gasteiger partial charge in [-0.3, -0.25) is 4.79 Å². The van der Waals surface area contributed by atoms with Gasteiger partial charge in [-0.15, -0.1) is 0 Å². The van der Waals surface area contributed by atoms with E-state index in [1.54, 1.807) is 10.7 Å². The van der Waals surface area contributed by atoms with Gasteiger partial charge >= 0.3 is 0 Å². The summed E-state index contributed by atoms with van der Waals surface area (Å²) in [5, 5.41) is 17.4. The number of amides is 1. The van der Waals surface area contributed by atoms with E-state index in [2.05, 4.69) is 10.4 Å². The van der Waals surface area contributed by atoms with Gasteiger partial charge in [-0.05, 0) is 25.3 Å². The van der Waals surface area contributed by atoms with E-state index in [0.717, 1.165) is 11.0 Å². The molecule has 126 valence electrons. The highest BCUT2D eigenvalue weighted by atomic mass is 32.2. The van der Waals surface area contributed by atoms with E-state index < -0.39 is 0 Å². The van der Waals surface area contributed by atoms with Crippen molar-refractivity contribution in [2.45, 2.75) is 18.7 Å². The minimum absolute atomic E-state index is 0.0673. The van der Waals surface area contributed by atoms with E-state index in [1.807, 2.05) is 43.5 Å². The van der Waals surface area contributed by atoms with Gasteiger partial charge in [-0.25, -0.2) is 4.68 Å². The Morgan fingerprint density at radius 1 is 1.42 bits per heavy atom. The first-order valence-electron chi connectivity index (χ1n) is 7.63. The normalized spacial score (nSPS) is 12.5. The van der Waals surface area contributed by atoms with E-state index in [1.165, 1.54) is 11.8 Å². The Balaban J connectivity index is 1.94. The van der Waals surface area contributed by atoms with E-state index >= 15 is 0 Å². The van der Waals surface area contributed by atoms with Crippen molar-refractivity contribution in [1.29, 1.82) is 0 Å². The first-order chi connectivity index (χ1) is 11.6. The maximum atomic E-state index is 12.1. The third-order valence-corrected chi connectivity index (χ3v) is 4.66. The summed E-state index contributed by atoms with van der Waals surface area (Å²) in [4.78, 5) is 12.1. The maximum Gasteiger partial charge on any atom is 0.238 e. The molecule has 0 saturated heterocycles. The molecule has 0 aliphatic carbocycles. The molecule has 0 unspecified atom stereocenters. The first kappa shape index (κ1) is 16.6. The molecule has 1 atom stereocenters. The highest BCUT2D eigenvalue weighted by Gasteiger charge is 2.17. The number of aliphatic hydroxyl groups is 1. The molecule has 6 nitrogen and oxygen atoms in total. The molecule has 3 rings (SSSR count). The summed E-state index contributed by atoms with van der Waals surface area (Å²) in [7, 11) is 0. The zero-order chi connectivity index (χ0) is 17.1. The molecule has 0 radical (unpaired) electrons. The molecule has 2 N–H and O–H groups in total. The predicted molar refractivity (Wildman–Crippen MR) is 96.1 cm³/mol. The van der Waals surface area contributed by atoms with Gasteiger partial charge in [0.2, 0.25) is 5.91 Å². The smallest absolute Gasteiger partial charge is 0.238 e. The Labute approximate surface area is 143 Å². The number of benzene rings is 1. The summed E-state index contributed by atoms with van der Waals surface area (Å²) in [5.74, 6) is 1.07. The van der Waals surface area contributed by atoms with Crippen LogP contribution in [0.15, 0.2) is 40.8 Å². The number of nitrogens with zero attached hydrogens (tertiary/aromatic N) is 2. The number of anilines is 1. The number of hydrogen-bond acceptors (Lipinski definition) is 5. The molecular formula is C17H19N3O3S. The lowest BCUT2D eigenvalue weighted by Crippen LogP contribution is -2.24. The molecule has 1 aromatic carbocycles. The number of carbonyl (C=O) groups is 1. The van der Waals surface area contributed by atoms with Crippen molar-refractivity contribution in [2.24, 2.45) is 0 Å². The van der Waals surface area contributed by atoms with Gasteiger partial charge < -0.3 is 14.8 Å². The zero-order valence-corrected chi connectivity index (χ0v) is 14.3. The van der Waals surface area contributed by atoms with Gasteiger partial charge in [-0.1, -0.05) is 18.2 Å². The van der Waals surface area contributed by atoms with Crippen LogP contribution in [0.5, 0.6) is 0 Å². The van der Waals surface area contributed by atoms with Gasteiger partial charge in [0.1, 0.15) is 17.1 Å². The van der Waals surface area contributed by atoms with E-state index in [4.69, 9.17) is 4.42 Å². The highest BCUT2D eigenvalue weighted by molar-refractivity contribution is 7.99. The fraction of sp³-hybridized carbons (Fsp3) is 0.294. The molecule has 3 aromatic rings. The minimum atomic E-state index is -0.169. The van der Waals surface area contributed by atoms with Crippen LogP contribution >= 0.6 is 11.8 Å². The van der Waals surface area contributed by atoms with E-state index in [9.17, 15) is 9.90 Å². The summed E-state index contributed by atoms with van der Waals surface area (Å²) in [6.45, 7) is 2.07. The molecule has 0 aliphatic heterocycles. The zero-order valence-electron chi connectivity index (χ0n) is 13.5. The van der Waals surface area contributed by atoms with Crippen molar-refractivity contribution < 1.29 is 14.3 Å². The summed E-state index contributed by atoms with van der Waals surface area (Å²) in [6, 6.07) is 11.4. The summed E-state index contributed by atoms with van der Waals surface area (Å²) in [5.41, 5.74) is 1.40. The van der Waals surface area contributed by atoms with Gasteiger partial charge in [0.25, 0.3) is 0 Å². The maximum absolute atomic E-state index is 12.1. The van der Waals surface area contributed by atoms with Crippen LogP contribution in [0.25, 0.3) is 22.4 Å². The number of aromatic nitrogens is 2. The summed E-state index contributed by atoms with van der Waals surface area (Å²) < 4.78 is 7.40. The van der Waals surface area contributed by atoms with Crippen LogP contribution in [0.1, 0.15) is 6.92 Å². The lowest BCUT2D eigenvalue weighted by Gasteiger charge is -2.10. The topological polar surface area (TPSA) is 80.3 Å². The number of hydrogen-bond donors (Lipinski definition) is 2. The molecule has 2 aromatic heterocycles. The molecule has 0 spiro atoms. The number of aliphatic hydroxyl groups excluding tert-OH is 1. The molecule has 0 fully saturated rings. The molecule has 24 heavy (non-hydrogen) atoms. The van der Waals surface area contributed by atoms with Crippen LogP contribution in [0.2, 0.25) is 0 Å². The Bertz CT molecular complexity index is 823. The number of thioether (sulfide) groups is 1. The predicted octanol–water partition coefficient (Wildman–Crippen LogP) is 2.98. The minimum Gasteiger partial charge on any atom is -0.454 e.